The predicted molar refractivity (Wildman–Crippen MR) is 73.2 cm³/mol. The number of nitrogens with one attached hydrogen (secondary N) is 1. The van der Waals surface area contributed by atoms with Gasteiger partial charge < -0.3 is 14.4 Å². The van der Waals surface area contributed by atoms with Gasteiger partial charge in [-0.25, -0.2) is 0 Å². The van der Waals surface area contributed by atoms with E-state index in [4.69, 9.17) is 14.9 Å². The van der Waals surface area contributed by atoms with Crippen LogP contribution in [0.4, 0.5) is 0 Å². The van der Waals surface area contributed by atoms with Gasteiger partial charge in [-0.3, -0.25) is 5.41 Å². The minimum Gasteiger partial charge on any atom is -0.383 e. The van der Waals surface area contributed by atoms with E-state index in [1.54, 1.807) is 14.2 Å². The molecule has 0 amide bonds. The van der Waals surface area contributed by atoms with Gasteiger partial charge in [0, 0.05) is 26.3 Å². The van der Waals surface area contributed by atoms with Crippen molar-refractivity contribution in [2.75, 3.05) is 34.0 Å². The maximum atomic E-state index is 8.29. The van der Waals surface area contributed by atoms with Gasteiger partial charge >= 0.3 is 0 Å². The van der Waals surface area contributed by atoms with E-state index in [0.29, 0.717) is 25.6 Å². The van der Waals surface area contributed by atoms with E-state index in [1.165, 1.54) is 0 Å². The standard InChI is InChI=1S/C14H22N2O2/c1-12(11-18-3)16(9-10-17-2)14(15)13-7-5-4-6-8-13/h4-8,12,15H,9-11H2,1-3H3. The van der Waals surface area contributed by atoms with E-state index in [2.05, 4.69) is 6.92 Å². The summed E-state index contributed by atoms with van der Waals surface area (Å²) in [5.41, 5.74) is 0.913. The van der Waals surface area contributed by atoms with Crippen molar-refractivity contribution in [3.63, 3.8) is 0 Å². The molecule has 1 atom stereocenters. The van der Waals surface area contributed by atoms with E-state index in [9.17, 15) is 0 Å². The fourth-order valence-corrected chi connectivity index (χ4v) is 1.84. The number of ether oxygens (including phenoxy) is 2. The molecule has 0 spiro atoms. The molecule has 0 saturated carbocycles. The Kier molecular flexibility index (Phi) is 6.39. The summed E-state index contributed by atoms with van der Waals surface area (Å²) in [6.45, 7) is 3.94. The van der Waals surface area contributed by atoms with Gasteiger partial charge in [0.05, 0.1) is 19.3 Å². The van der Waals surface area contributed by atoms with Gasteiger partial charge in [0.25, 0.3) is 0 Å². The zero-order chi connectivity index (χ0) is 13.4. The Bertz CT molecular complexity index is 354. The fraction of sp³-hybridized carbons (Fsp3) is 0.500. The molecule has 4 heteroatoms. The van der Waals surface area contributed by atoms with E-state index in [0.717, 1.165) is 5.56 Å². The Labute approximate surface area is 109 Å². The molecular weight excluding hydrogens is 228 g/mol. The molecule has 0 fully saturated rings. The van der Waals surface area contributed by atoms with Crippen molar-refractivity contribution in [1.29, 1.82) is 5.41 Å². The van der Waals surface area contributed by atoms with Crippen LogP contribution in [-0.2, 0) is 9.47 Å². The van der Waals surface area contributed by atoms with Crippen molar-refractivity contribution < 1.29 is 9.47 Å². The molecule has 1 N–H and O–H groups in total. The highest BCUT2D eigenvalue weighted by Gasteiger charge is 2.17. The van der Waals surface area contributed by atoms with Crippen LogP contribution in [0.25, 0.3) is 0 Å². The predicted octanol–water partition coefficient (Wildman–Crippen LogP) is 2.00. The lowest BCUT2D eigenvalue weighted by Crippen LogP contribution is -2.43. The van der Waals surface area contributed by atoms with Gasteiger partial charge in [0.15, 0.2) is 0 Å². The number of methoxy groups -OCH3 is 2. The summed E-state index contributed by atoms with van der Waals surface area (Å²) in [5, 5.41) is 8.29. The number of rotatable bonds is 7. The highest BCUT2D eigenvalue weighted by Crippen LogP contribution is 2.08. The van der Waals surface area contributed by atoms with Gasteiger partial charge in [0.2, 0.25) is 0 Å². The first kappa shape index (κ1) is 14.7. The molecule has 0 radical (unpaired) electrons. The molecule has 0 bridgehead atoms. The molecule has 0 saturated heterocycles. The Morgan fingerprint density at radius 3 is 2.44 bits per heavy atom. The minimum absolute atomic E-state index is 0.151. The maximum absolute atomic E-state index is 8.29. The van der Waals surface area contributed by atoms with Gasteiger partial charge in [-0.1, -0.05) is 30.3 Å². The van der Waals surface area contributed by atoms with E-state index >= 15 is 0 Å². The van der Waals surface area contributed by atoms with Crippen molar-refractivity contribution >= 4 is 5.84 Å². The Balaban J connectivity index is 2.78. The smallest absolute Gasteiger partial charge is 0.128 e. The molecule has 4 nitrogen and oxygen atoms in total. The molecule has 0 heterocycles. The summed E-state index contributed by atoms with van der Waals surface area (Å²) in [7, 11) is 3.35. The number of benzene rings is 1. The monoisotopic (exact) mass is 250 g/mol. The summed E-state index contributed by atoms with van der Waals surface area (Å²) in [6.07, 6.45) is 0. The van der Waals surface area contributed by atoms with Gasteiger partial charge in [-0.15, -0.1) is 0 Å². The van der Waals surface area contributed by atoms with Crippen LogP contribution >= 0.6 is 0 Å². The number of nitrogens with zero attached hydrogens (tertiary/aromatic N) is 1. The average Bonchev–Trinajstić information content (AvgIpc) is 2.40. The topological polar surface area (TPSA) is 45.5 Å². The molecule has 18 heavy (non-hydrogen) atoms. The highest BCUT2D eigenvalue weighted by molar-refractivity contribution is 5.96. The summed E-state index contributed by atoms with van der Waals surface area (Å²) >= 11 is 0. The van der Waals surface area contributed by atoms with Crippen molar-refractivity contribution in [1.82, 2.24) is 4.90 Å². The van der Waals surface area contributed by atoms with Gasteiger partial charge in [0.1, 0.15) is 5.84 Å². The molecule has 1 rings (SSSR count). The van der Waals surface area contributed by atoms with Gasteiger partial charge in [-0.05, 0) is 6.92 Å². The Morgan fingerprint density at radius 1 is 1.22 bits per heavy atom. The van der Waals surface area contributed by atoms with Crippen LogP contribution in [0.5, 0.6) is 0 Å². The largest absolute Gasteiger partial charge is 0.383 e. The molecule has 100 valence electrons. The van der Waals surface area contributed by atoms with Gasteiger partial charge in [-0.2, -0.15) is 0 Å². The van der Waals surface area contributed by atoms with Crippen LogP contribution < -0.4 is 0 Å². The maximum Gasteiger partial charge on any atom is 0.128 e. The molecular formula is C14H22N2O2. The average molecular weight is 250 g/mol. The minimum atomic E-state index is 0.151. The first-order chi connectivity index (χ1) is 8.70. The second kappa shape index (κ2) is 7.84. The van der Waals surface area contributed by atoms with E-state index in [-0.39, 0.29) is 6.04 Å². The molecule has 0 aromatic heterocycles. The Hall–Kier alpha value is -1.39. The Morgan fingerprint density at radius 2 is 1.89 bits per heavy atom. The number of amidine groups is 1. The van der Waals surface area contributed by atoms with E-state index in [1.807, 2.05) is 35.2 Å². The second-order valence-electron chi connectivity index (χ2n) is 4.21. The van der Waals surface area contributed by atoms with Crippen LogP contribution in [0.15, 0.2) is 30.3 Å². The quantitative estimate of drug-likeness (QED) is 0.594. The summed E-state index contributed by atoms with van der Waals surface area (Å²) in [4.78, 5) is 2.00. The molecule has 0 aliphatic heterocycles. The zero-order valence-corrected chi connectivity index (χ0v) is 11.3. The third kappa shape index (κ3) is 4.13. The van der Waals surface area contributed by atoms with Crippen molar-refractivity contribution in [2.24, 2.45) is 0 Å². The molecule has 0 aliphatic carbocycles. The lowest BCUT2D eigenvalue weighted by atomic mass is 10.1. The lowest BCUT2D eigenvalue weighted by molar-refractivity contribution is 0.113. The third-order valence-electron chi connectivity index (χ3n) is 2.81. The van der Waals surface area contributed by atoms with Crippen LogP contribution in [-0.4, -0.2) is 50.8 Å². The SMILES string of the molecule is COCCN(C(=N)c1ccccc1)C(C)COC. The zero-order valence-electron chi connectivity index (χ0n) is 11.3. The third-order valence-corrected chi connectivity index (χ3v) is 2.81. The van der Waals surface area contributed by atoms with Crippen LogP contribution in [0, 0.1) is 5.41 Å². The highest BCUT2D eigenvalue weighted by atomic mass is 16.5. The summed E-state index contributed by atoms with van der Waals surface area (Å²) in [6, 6.07) is 9.88. The lowest BCUT2D eigenvalue weighted by Gasteiger charge is -2.31. The van der Waals surface area contributed by atoms with Crippen LogP contribution in [0.2, 0.25) is 0 Å². The van der Waals surface area contributed by atoms with Crippen molar-refractivity contribution in [2.45, 2.75) is 13.0 Å². The second-order valence-corrected chi connectivity index (χ2v) is 4.21. The number of hydrogen-bond acceptors (Lipinski definition) is 3. The van der Waals surface area contributed by atoms with E-state index < -0.39 is 0 Å². The molecule has 1 aromatic rings. The normalized spacial score (nSPS) is 12.2. The van der Waals surface area contributed by atoms with Crippen LogP contribution in [0.3, 0.4) is 0 Å². The summed E-state index contributed by atoms with van der Waals surface area (Å²) < 4.78 is 10.3. The molecule has 0 aliphatic rings. The summed E-state index contributed by atoms with van der Waals surface area (Å²) in [5.74, 6) is 0.511. The first-order valence-electron chi connectivity index (χ1n) is 6.09. The fourth-order valence-electron chi connectivity index (χ4n) is 1.84. The van der Waals surface area contributed by atoms with Crippen molar-refractivity contribution in [3.8, 4) is 0 Å². The number of hydrogen-bond donors (Lipinski definition) is 1. The van der Waals surface area contributed by atoms with Crippen molar-refractivity contribution in [3.05, 3.63) is 35.9 Å². The van der Waals surface area contributed by atoms with Crippen LogP contribution in [0.1, 0.15) is 12.5 Å². The molecule has 1 unspecified atom stereocenters. The first-order valence-corrected chi connectivity index (χ1v) is 6.09. The molecule has 1 aromatic carbocycles.